The molecule has 0 aromatic heterocycles. The Balaban J connectivity index is 1.12. The standard InChI is InChI=1S/C40H43F3N4O5/c1-24-5-2-3-7-27(24)20-47(29-12-13-29)40(50)36-31(17-28-21-46(22-35(36)45-28)39(49)34-18-30(19-44-34)52-23-48)26-10-8-25(9-11-26)6-4-16-51-38-33(42)15-14-32(41)37(38)43/h2-3,5,7-11,14-15,23,28-30,34-35,44-45H,4,6,12-13,16-22H2,1H3/t28-,30+,34?,35-/m0/s1. The van der Waals surface area contributed by atoms with Gasteiger partial charge in [0.1, 0.15) is 6.10 Å². The SMILES string of the molecule is Cc1ccccc1CN(C(=O)C1=C(c2ccc(CCCOc3c(F)ccc(F)c3F)cc2)C[C@H]2CN(C(=O)C3C[C@@H](OC=O)CN3)C[C@@H]1N2)C1CC1. The summed E-state index contributed by atoms with van der Waals surface area (Å²) in [5.74, 6) is -4.25. The van der Waals surface area contributed by atoms with E-state index >= 15 is 0 Å². The Morgan fingerprint density at radius 1 is 1.00 bits per heavy atom. The van der Waals surface area contributed by atoms with Crippen LogP contribution in [0.2, 0.25) is 0 Å². The van der Waals surface area contributed by atoms with Crippen LogP contribution < -0.4 is 15.4 Å². The second-order valence-corrected chi connectivity index (χ2v) is 14.2. The summed E-state index contributed by atoms with van der Waals surface area (Å²) in [5, 5.41) is 6.86. The Labute approximate surface area is 301 Å². The number of aryl methyl sites for hydroxylation is 2. The van der Waals surface area contributed by atoms with Crippen LogP contribution in [0.3, 0.4) is 0 Å². The zero-order chi connectivity index (χ0) is 36.4. The Bertz CT molecular complexity index is 1850. The fourth-order valence-corrected chi connectivity index (χ4v) is 7.68. The second kappa shape index (κ2) is 15.5. The maximum absolute atomic E-state index is 14.8. The molecule has 274 valence electrons. The number of fused-ring (bicyclic) bond motifs is 2. The first-order chi connectivity index (χ1) is 25.2. The van der Waals surface area contributed by atoms with Gasteiger partial charge in [-0.15, -0.1) is 0 Å². The maximum Gasteiger partial charge on any atom is 0.293 e. The van der Waals surface area contributed by atoms with E-state index in [1.54, 1.807) is 0 Å². The molecule has 1 aliphatic carbocycles. The number of piperazine rings is 1. The van der Waals surface area contributed by atoms with Crippen LogP contribution >= 0.6 is 0 Å². The third-order valence-corrected chi connectivity index (χ3v) is 10.6. The minimum atomic E-state index is -1.34. The monoisotopic (exact) mass is 716 g/mol. The van der Waals surface area contributed by atoms with E-state index in [9.17, 15) is 27.6 Å². The number of benzene rings is 3. The average molecular weight is 717 g/mol. The first-order valence-electron chi connectivity index (χ1n) is 18.0. The number of carbonyl (C=O) groups excluding carboxylic acids is 3. The molecule has 2 bridgehead atoms. The lowest BCUT2D eigenvalue weighted by molar-refractivity contribution is -0.137. The number of hydrogen-bond donors (Lipinski definition) is 2. The number of carbonyl (C=O) groups is 3. The van der Waals surface area contributed by atoms with E-state index in [4.69, 9.17) is 9.47 Å². The second-order valence-electron chi connectivity index (χ2n) is 14.2. The molecular weight excluding hydrogens is 673 g/mol. The first-order valence-corrected chi connectivity index (χ1v) is 18.0. The van der Waals surface area contributed by atoms with Crippen molar-refractivity contribution in [1.29, 1.82) is 0 Å². The van der Waals surface area contributed by atoms with Gasteiger partial charge in [0.15, 0.2) is 17.4 Å². The van der Waals surface area contributed by atoms with E-state index in [0.29, 0.717) is 63.9 Å². The molecule has 9 nitrogen and oxygen atoms in total. The van der Waals surface area contributed by atoms with Gasteiger partial charge in [0.2, 0.25) is 11.7 Å². The molecule has 1 saturated carbocycles. The number of ether oxygens (including phenoxy) is 2. The highest BCUT2D eigenvalue weighted by Gasteiger charge is 2.45. The minimum Gasteiger partial charge on any atom is -0.488 e. The van der Waals surface area contributed by atoms with Gasteiger partial charge in [-0.1, -0.05) is 48.5 Å². The van der Waals surface area contributed by atoms with E-state index in [1.807, 2.05) is 46.2 Å². The molecule has 0 spiro atoms. The van der Waals surface area contributed by atoms with Crippen molar-refractivity contribution in [2.75, 3.05) is 26.2 Å². The lowest BCUT2D eigenvalue weighted by Crippen LogP contribution is -2.63. The summed E-state index contributed by atoms with van der Waals surface area (Å²) >= 11 is 0. The molecule has 1 unspecified atom stereocenters. The van der Waals surface area contributed by atoms with Crippen molar-refractivity contribution in [3.63, 3.8) is 0 Å². The molecule has 3 aromatic carbocycles. The number of nitrogens with one attached hydrogen (secondary N) is 2. The highest BCUT2D eigenvalue weighted by molar-refractivity contribution is 6.03. The van der Waals surface area contributed by atoms with Crippen molar-refractivity contribution in [3.8, 4) is 5.75 Å². The minimum absolute atomic E-state index is 0.00608. The lowest BCUT2D eigenvalue weighted by Gasteiger charge is -2.45. The van der Waals surface area contributed by atoms with Crippen molar-refractivity contribution < 1.29 is 37.0 Å². The van der Waals surface area contributed by atoms with Crippen LogP contribution in [0.4, 0.5) is 13.2 Å². The third-order valence-electron chi connectivity index (χ3n) is 10.6. The number of nitrogens with zero attached hydrogens (tertiary/aromatic N) is 2. The van der Waals surface area contributed by atoms with Crippen LogP contribution in [0.15, 0.2) is 66.2 Å². The molecule has 2 saturated heterocycles. The molecular formula is C40H43F3N4O5. The largest absolute Gasteiger partial charge is 0.488 e. The van der Waals surface area contributed by atoms with Crippen molar-refractivity contribution in [2.24, 2.45) is 0 Å². The van der Waals surface area contributed by atoms with Gasteiger partial charge < -0.3 is 29.9 Å². The maximum atomic E-state index is 14.8. The zero-order valence-corrected chi connectivity index (χ0v) is 29.1. The summed E-state index contributed by atoms with van der Waals surface area (Å²) in [6, 6.07) is 16.9. The Morgan fingerprint density at radius 3 is 2.52 bits per heavy atom. The van der Waals surface area contributed by atoms with Gasteiger partial charge in [-0.25, -0.2) is 8.78 Å². The average Bonchev–Trinajstić information content (AvgIpc) is 3.88. The van der Waals surface area contributed by atoms with Crippen molar-refractivity contribution in [2.45, 2.75) is 82.3 Å². The van der Waals surface area contributed by atoms with Gasteiger partial charge in [-0.2, -0.15) is 4.39 Å². The molecule has 4 aliphatic rings. The van der Waals surface area contributed by atoms with Gasteiger partial charge in [0.25, 0.3) is 12.4 Å². The Kier molecular flexibility index (Phi) is 10.7. The number of rotatable bonds is 13. The highest BCUT2D eigenvalue weighted by Crippen LogP contribution is 2.38. The van der Waals surface area contributed by atoms with E-state index in [2.05, 4.69) is 29.7 Å². The van der Waals surface area contributed by atoms with Gasteiger partial charge >= 0.3 is 0 Å². The highest BCUT2D eigenvalue weighted by atomic mass is 19.2. The molecule has 7 rings (SSSR count). The smallest absolute Gasteiger partial charge is 0.293 e. The predicted octanol–water partition coefficient (Wildman–Crippen LogP) is 4.84. The van der Waals surface area contributed by atoms with Gasteiger partial charge in [-0.3, -0.25) is 14.4 Å². The van der Waals surface area contributed by atoms with Gasteiger partial charge in [-0.05, 0) is 79.0 Å². The normalized spacial score (nSPS) is 22.7. The molecule has 3 heterocycles. The number of halogens is 3. The van der Waals surface area contributed by atoms with Crippen molar-refractivity contribution in [3.05, 3.63) is 106 Å². The fraction of sp³-hybridized carbons (Fsp3) is 0.425. The van der Waals surface area contributed by atoms with E-state index < -0.39 is 29.2 Å². The molecule has 2 amide bonds. The van der Waals surface area contributed by atoms with E-state index in [1.165, 1.54) is 0 Å². The molecule has 0 radical (unpaired) electrons. The molecule has 2 N–H and O–H groups in total. The predicted molar refractivity (Wildman–Crippen MR) is 187 cm³/mol. The summed E-state index contributed by atoms with van der Waals surface area (Å²) in [4.78, 5) is 43.3. The topological polar surface area (TPSA) is 100 Å². The summed E-state index contributed by atoms with van der Waals surface area (Å²) in [6.07, 6.45) is 3.52. The summed E-state index contributed by atoms with van der Waals surface area (Å²) < 4.78 is 51.9. The van der Waals surface area contributed by atoms with Gasteiger partial charge in [0.05, 0.1) is 18.7 Å². The lowest BCUT2D eigenvalue weighted by atomic mass is 9.82. The van der Waals surface area contributed by atoms with Gasteiger partial charge in [0, 0.05) is 50.3 Å². The third kappa shape index (κ3) is 7.73. The zero-order valence-electron chi connectivity index (χ0n) is 29.1. The molecule has 3 aliphatic heterocycles. The van der Waals surface area contributed by atoms with Crippen LogP contribution in [0.5, 0.6) is 5.75 Å². The molecule has 3 aromatic rings. The van der Waals surface area contributed by atoms with Crippen LogP contribution in [0.25, 0.3) is 5.57 Å². The summed E-state index contributed by atoms with van der Waals surface area (Å²) in [7, 11) is 0. The van der Waals surface area contributed by atoms with E-state index in [-0.39, 0.29) is 42.7 Å². The van der Waals surface area contributed by atoms with E-state index in [0.717, 1.165) is 52.8 Å². The molecule has 3 fully saturated rings. The van der Waals surface area contributed by atoms with Crippen molar-refractivity contribution in [1.82, 2.24) is 20.4 Å². The van der Waals surface area contributed by atoms with Crippen LogP contribution in [0, 0.1) is 24.4 Å². The summed E-state index contributed by atoms with van der Waals surface area (Å²) in [6.45, 7) is 4.22. The Hall–Kier alpha value is -4.68. The van der Waals surface area contributed by atoms with Crippen LogP contribution in [0.1, 0.15) is 54.4 Å². The summed E-state index contributed by atoms with van der Waals surface area (Å²) in [5.41, 5.74) is 5.78. The molecule has 12 heteroatoms. The van der Waals surface area contributed by atoms with Crippen molar-refractivity contribution >= 4 is 23.9 Å². The molecule has 4 atom stereocenters. The Morgan fingerprint density at radius 2 is 1.77 bits per heavy atom. The number of hydrogen-bond acceptors (Lipinski definition) is 7. The molecule has 52 heavy (non-hydrogen) atoms. The van der Waals surface area contributed by atoms with Crippen LogP contribution in [-0.4, -0.2) is 84.6 Å². The van der Waals surface area contributed by atoms with Crippen LogP contribution in [-0.2, 0) is 32.1 Å². The number of amides is 2. The quantitative estimate of drug-likeness (QED) is 0.148. The first kappa shape index (κ1) is 35.7. The fourth-order valence-electron chi connectivity index (χ4n) is 7.68.